The van der Waals surface area contributed by atoms with Crippen molar-refractivity contribution in [2.75, 3.05) is 11.9 Å². The Kier molecular flexibility index (Phi) is 5.00. The lowest BCUT2D eigenvalue weighted by atomic mass is 10.2. The largest absolute Gasteiger partial charge is 0.407 e. The van der Waals surface area contributed by atoms with Crippen LogP contribution >= 0.6 is 0 Å². The molecule has 1 atom stereocenters. The van der Waals surface area contributed by atoms with Crippen molar-refractivity contribution in [3.05, 3.63) is 76.3 Å². The summed E-state index contributed by atoms with van der Waals surface area (Å²) >= 11 is 0. The number of nitrogens with zero attached hydrogens (tertiary/aromatic N) is 1. The Morgan fingerprint density at radius 3 is 2.68 bits per heavy atom. The number of fused-ring (bicyclic) bond motifs is 1. The highest BCUT2D eigenvalue weighted by Crippen LogP contribution is 2.16. The average molecular weight is 342 g/mol. The van der Waals surface area contributed by atoms with Gasteiger partial charge in [-0.25, -0.2) is 4.39 Å². The number of anilines is 1. The number of hydrogen-bond acceptors (Lipinski definition) is 4. The molecular weight excluding hydrogens is 323 g/mol. The highest BCUT2D eigenvalue weighted by atomic mass is 19.1. The Labute approximate surface area is 144 Å². The van der Waals surface area contributed by atoms with Crippen molar-refractivity contribution in [2.45, 2.75) is 19.6 Å². The van der Waals surface area contributed by atoms with Crippen LogP contribution in [0.15, 0.2) is 59.4 Å². The Balaban J connectivity index is 1.96. The minimum absolute atomic E-state index is 0.0132. The van der Waals surface area contributed by atoms with Gasteiger partial charge in [0.25, 0.3) is 0 Å². The molecule has 5 nitrogen and oxygen atoms in total. The molecule has 3 rings (SSSR count). The minimum Gasteiger partial charge on any atom is -0.407 e. The van der Waals surface area contributed by atoms with Gasteiger partial charge in [-0.05, 0) is 25.1 Å². The molecule has 0 bridgehead atoms. The Morgan fingerprint density at radius 2 is 1.92 bits per heavy atom. The van der Waals surface area contributed by atoms with Crippen LogP contribution in [0.5, 0.6) is 0 Å². The van der Waals surface area contributed by atoms with E-state index in [0.717, 1.165) is 10.1 Å². The van der Waals surface area contributed by atoms with Crippen LogP contribution in [0, 0.1) is 5.82 Å². The summed E-state index contributed by atoms with van der Waals surface area (Å²) in [4.78, 5) is 18.2. The number of hydrogen-bond donors (Lipinski definition) is 2. The van der Waals surface area contributed by atoms with Gasteiger partial charge in [0.1, 0.15) is 18.1 Å². The lowest BCUT2D eigenvalue weighted by Crippen LogP contribution is -2.32. The smallest absolute Gasteiger partial charge is 0.306 e. The maximum atomic E-state index is 13.8. The standard InChI is InChI=1S/C19H19FN2O3/c1-13(23)12-25-22-18-9-5-3-6-14(18)10-17(19(22)24)21-11-15-7-2-4-8-16(15)20/h2-10,13,21,23H,11-12H2,1H3. The van der Waals surface area contributed by atoms with Crippen LogP contribution in [-0.2, 0) is 6.54 Å². The molecule has 1 aromatic heterocycles. The van der Waals surface area contributed by atoms with Crippen LogP contribution in [0.1, 0.15) is 12.5 Å². The van der Waals surface area contributed by atoms with Gasteiger partial charge in [-0.2, -0.15) is 0 Å². The number of pyridine rings is 1. The molecule has 130 valence electrons. The van der Waals surface area contributed by atoms with Crippen LogP contribution in [0.25, 0.3) is 10.9 Å². The molecule has 6 heteroatoms. The van der Waals surface area contributed by atoms with Gasteiger partial charge in [-0.15, -0.1) is 4.73 Å². The SMILES string of the molecule is CC(O)COn1c(=O)c(NCc2ccccc2F)cc2ccccc21. The summed E-state index contributed by atoms with van der Waals surface area (Å²) in [5.74, 6) is -0.332. The molecule has 0 saturated carbocycles. The van der Waals surface area contributed by atoms with Gasteiger partial charge in [0.05, 0.1) is 11.6 Å². The molecule has 0 amide bonds. The molecule has 2 N–H and O–H groups in total. The number of aliphatic hydroxyl groups is 1. The lowest BCUT2D eigenvalue weighted by Gasteiger charge is -2.15. The molecule has 0 aliphatic heterocycles. The average Bonchev–Trinajstić information content (AvgIpc) is 2.60. The van der Waals surface area contributed by atoms with Crippen LogP contribution in [0.3, 0.4) is 0 Å². The summed E-state index contributed by atoms with van der Waals surface area (Å²) in [6.07, 6.45) is -0.708. The zero-order chi connectivity index (χ0) is 17.8. The predicted molar refractivity (Wildman–Crippen MR) is 95.1 cm³/mol. The molecule has 25 heavy (non-hydrogen) atoms. The lowest BCUT2D eigenvalue weighted by molar-refractivity contribution is 0.0365. The summed E-state index contributed by atoms with van der Waals surface area (Å²) < 4.78 is 14.9. The van der Waals surface area contributed by atoms with Gasteiger partial charge in [-0.3, -0.25) is 4.79 Å². The molecule has 1 heterocycles. The molecule has 0 fully saturated rings. The van der Waals surface area contributed by atoms with Crippen molar-refractivity contribution in [1.29, 1.82) is 0 Å². The zero-order valence-electron chi connectivity index (χ0n) is 13.8. The summed E-state index contributed by atoms with van der Waals surface area (Å²) in [5, 5.41) is 13.2. The number of nitrogens with one attached hydrogen (secondary N) is 1. The topological polar surface area (TPSA) is 63.5 Å². The molecule has 3 aromatic rings. The maximum Gasteiger partial charge on any atom is 0.306 e. The maximum absolute atomic E-state index is 13.8. The molecule has 1 unspecified atom stereocenters. The van der Waals surface area contributed by atoms with E-state index < -0.39 is 11.7 Å². The normalized spacial score (nSPS) is 12.1. The zero-order valence-corrected chi connectivity index (χ0v) is 13.8. The molecular formula is C19H19FN2O3. The third-order valence-electron chi connectivity index (χ3n) is 3.74. The van der Waals surface area contributed by atoms with Crippen LogP contribution in [0.2, 0.25) is 0 Å². The number of benzene rings is 2. The summed E-state index contributed by atoms with van der Waals surface area (Å²) in [6.45, 7) is 1.74. The van der Waals surface area contributed by atoms with Gasteiger partial charge in [0.15, 0.2) is 0 Å². The third kappa shape index (κ3) is 3.80. The second-order valence-electron chi connectivity index (χ2n) is 5.81. The van der Waals surface area contributed by atoms with E-state index in [-0.39, 0.29) is 19.0 Å². The van der Waals surface area contributed by atoms with Crippen molar-refractivity contribution in [3.8, 4) is 0 Å². The van der Waals surface area contributed by atoms with Crippen molar-refractivity contribution >= 4 is 16.6 Å². The second-order valence-corrected chi connectivity index (χ2v) is 5.81. The first kappa shape index (κ1) is 17.0. The summed E-state index contributed by atoms with van der Waals surface area (Å²) in [7, 11) is 0. The molecule has 0 radical (unpaired) electrons. The third-order valence-corrected chi connectivity index (χ3v) is 3.74. The number of halogens is 1. The van der Waals surface area contributed by atoms with E-state index in [9.17, 15) is 14.3 Å². The Bertz CT molecular complexity index is 937. The Morgan fingerprint density at radius 1 is 1.20 bits per heavy atom. The van der Waals surface area contributed by atoms with Gasteiger partial charge >= 0.3 is 5.56 Å². The van der Waals surface area contributed by atoms with Gasteiger partial charge in [-0.1, -0.05) is 36.4 Å². The fraction of sp³-hybridized carbons (Fsp3) is 0.211. The van der Waals surface area contributed by atoms with Crippen LogP contribution in [-0.4, -0.2) is 22.5 Å². The predicted octanol–water partition coefficient (Wildman–Crippen LogP) is 2.56. The molecule has 0 aliphatic rings. The van der Waals surface area contributed by atoms with Gasteiger partial charge in [0, 0.05) is 17.5 Å². The molecule has 0 aliphatic carbocycles. The van der Waals surface area contributed by atoms with E-state index in [1.165, 1.54) is 6.07 Å². The van der Waals surface area contributed by atoms with Crippen molar-refractivity contribution in [3.63, 3.8) is 0 Å². The Hall–Kier alpha value is -2.86. The number of rotatable bonds is 6. The van der Waals surface area contributed by atoms with Crippen LogP contribution < -0.4 is 15.7 Å². The monoisotopic (exact) mass is 342 g/mol. The first-order chi connectivity index (χ1) is 12.1. The number of para-hydroxylation sites is 1. The van der Waals surface area contributed by atoms with Gasteiger partial charge < -0.3 is 15.3 Å². The first-order valence-corrected chi connectivity index (χ1v) is 7.99. The fourth-order valence-corrected chi connectivity index (χ4v) is 2.50. The van der Waals surface area contributed by atoms with E-state index >= 15 is 0 Å². The molecule has 0 saturated heterocycles. The van der Waals surface area contributed by atoms with E-state index in [4.69, 9.17) is 4.84 Å². The van der Waals surface area contributed by atoms with Crippen molar-refractivity contribution in [1.82, 2.24) is 4.73 Å². The van der Waals surface area contributed by atoms with E-state index in [0.29, 0.717) is 16.8 Å². The summed E-state index contributed by atoms with van der Waals surface area (Å²) in [6, 6.07) is 15.4. The van der Waals surface area contributed by atoms with E-state index in [1.807, 2.05) is 12.1 Å². The quantitative estimate of drug-likeness (QED) is 0.723. The number of aromatic nitrogens is 1. The molecule has 2 aromatic carbocycles. The van der Waals surface area contributed by atoms with E-state index in [1.54, 1.807) is 43.3 Å². The molecule has 0 spiro atoms. The van der Waals surface area contributed by atoms with Crippen molar-refractivity contribution in [2.24, 2.45) is 0 Å². The van der Waals surface area contributed by atoms with E-state index in [2.05, 4.69) is 5.32 Å². The fourth-order valence-electron chi connectivity index (χ4n) is 2.50. The van der Waals surface area contributed by atoms with Crippen molar-refractivity contribution < 1.29 is 14.3 Å². The highest BCUT2D eigenvalue weighted by Gasteiger charge is 2.11. The summed E-state index contributed by atoms with van der Waals surface area (Å²) in [5.41, 5.74) is 0.972. The highest BCUT2D eigenvalue weighted by molar-refractivity contribution is 5.81. The van der Waals surface area contributed by atoms with Crippen LogP contribution in [0.4, 0.5) is 10.1 Å². The minimum atomic E-state index is -0.708. The first-order valence-electron chi connectivity index (χ1n) is 7.99. The number of aliphatic hydroxyl groups excluding tert-OH is 1. The van der Waals surface area contributed by atoms with Gasteiger partial charge in [0.2, 0.25) is 0 Å². The second kappa shape index (κ2) is 7.36.